The Bertz CT molecular complexity index is 910. The second-order valence-electron chi connectivity index (χ2n) is 4.15. The van der Waals surface area contributed by atoms with E-state index < -0.39 is 0 Å². The zero-order valence-corrected chi connectivity index (χ0v) is 11.0. The highest BCUT2D eigenvalue weighted by atomic mass is 32.2. The van der Waals surface area contributed by atoms with Gasteiger partial charge in [-0.1, -0.05) is 6.07 Å². The van der Waals surface area contributed by atoms with E-state index in [1.165, 1.54) is 11.8 Å². The number of rotatable bonds is 2. The van der Waals surface area contributed by atoms with Crippen molar-refractivity contribution in [3.05, 3.63) is 42.7 Å². The zero-order chi connectivity index (χ0) is 13.5. The minimum atomic E-state index is 0.451. The third-order valence-corrected chi connectivity index (χ3v) is 3.68. The van der Waals surface area contributed by atoms with E-state index in [2.05, 4.69) is 20.3 Å². The lowest BCUT2D eigenvalue weighted by Gasteiger charge is -1.99. The van der Waals surface area contributed by atoms with Gasteiger partial charge in [0.25, 0.3) is 0 Å². The molecule has 4 aromatic rings. The van der Waals surface area contributed by atoms with Crippen LogP contribution in [0.15, 0.2) is 52.9 Å². The first kappa shape index (κ1) is 11.2. The van der Waals surface area contributed by atoms with Crippen molar-refractivity contribution in [1.29, 1.82) is 0 Å². The summed E-state index contributed by atoms with van der Waals surface area (Å²) < 4.78 is 3.57. The van der Waals surface area contributed by atoms with Crippen LogP contribution in [0.1, 0.15) is 0 Å². The van der Waals surface area contributed by atoms with Gasteiger partial charge in [0.2, 0.25) is 5.16 Å². The Hall–Kier alpha value is -2.61. The maximum Gasteiger partial charge on any atom is 0.201 e. The number of nitrogens with two attached hydrogens (primary N) is 1. The molecule has 0 radical (unpaired) electrons. The molecule has 0 aliphatic carbocycles. The van der Waals surface area contributed by atoms with Gasteiger partial charge >= 0.3 is 0 Å². The molecule has 7 nitrogen and oxygen atoms in total. The van der Waals surface area contributed by atoms with Crippen molar-refractivity contribution in [2.24, 2.45) is 0 Å². The van der Waals surface area contributed by atoms with E-state index in [4.69, 9.17) is 5.73 Å². The van der Waals surface area contributed by atoms with Crippen LogP contribution in [0.3, 0.4) is 0 Å². The molecule has 0 amide bonds. The van der Waals surface area contributed by atoms with Crippen LogP contribution >= 0.6 is 11.8 Å². The van der Waals surface area contributed by atoms with Crippen LogP contribution in [-0.2, 0) is 0 Å². The Balaban J connectivity index is 1.76. The van der Waals surface area contributed by atoms with E-state index in [0.717, 1.165) is 21.5 Å². The normalized spacial score (nSPS) is 11.4. The predicted molar refractivity (Wildman–Crippen MR) is 74.5 cm³/mol. The van der Waals surface area contributed by atoms with Crippen LogP contribution in [0.5, 0.6) is 0 Å². The van der Waals surface area contributed by atoms with Crippen LogP contribution < -0.4 is 5.73 Å². The Morgan fingerprint density at radius 1 is 1.05 bits per heavy atom. The molecule has 0 saturated carbocycles. The first-order valence-corrected chi connectivity index (χ1v) is 6.71. The van der Waals surface area contributed by atoms with Gasteiger partial charge in [0.1, 0.15) is 10.8 Å². The molecule has 0 bridgehead atoms. The minimum Gasteiger partial charge on any atom is -0.382 e. The van der Waals surface area contributed by atoms with Gasteiger partial charge in [-0.05, 0) is 36.0 Å². The minimum absolute atomic E-state index is 0.451. The molecular weight excluding hydrogens is 274 g/mol. The van der Waals surface area contributed by atoms with Crippen molar-refractivity contribution in [1.82, 2.24) is 29.2 Å². The van der Waals surface area contributed by atoms with Crippen LogP contribution in [0, 0.1) is 0 Å². The van der Waals surface area contributed by atoms with Gasteiger partial charge in [-0.15, -0.1) is 10.2 Å². The maximum absolute atomic E-state index is 5.65. The van der Waals surface area contributed by atoms with Crippen molar-refractivity contribution in [2.45, 2.75) is 10.2 Å². The van der Waals surface area contributed by atoms with Gasteiger partial charge in [0, 0.05) is 6.20 Å². The highest BCUT2D eigenvalue weighted by molar-refractivity contribution is 7.99. The number of aromatic nitrogens is 6. The summed E-state index contributed by atoms with van der Waals surface area (Å²) in [5.74, 6) is 0.451. The number of fused-ring (bicyclic) bond motifs is 2. The Morgan fingerprint density at radius 2 is 2.00 bits per heavy atom. The summed E-state index contributed by atoms with van der Waals surface area (Å²) in [6, 6.07) is 9.53. The third-order valence-electron chi connectivity index (χ3n) is 2.79. The number of hydrogen-bond acceptors (Lipinski definition) is 6. The predicted octanol–water partition coefficient (Wildman–Crippen LogP) is 1.51. The van der Waals surface area contributed by atoms with Crippen LogP contribution in [0.25, 0.3) is 11.3 Å². The maximum atomic E-state index is 5.65. The van der Waals surface area contributed by atoms with E-state index in [1.54, 1.807) is 10.7 Å². The summed E-state index contributed by atoms with van der Waals surface area (Å²) in [5.41, 5.74) is 7.17. The van der Waals surface area contributed by atoms with Crippen molar-refractivity contribution >= 4 is 28.9 Å². The largest absolute Gasteiger partial charge is 0.382 e. The molecular formula is C12H9N7S. The smallest absolute Gasteiger partial charge is 0.201 e. The second-order valence-corrected chi connectivity index (χ2v) is 5.14. The first-order chi connectivity index (χ1) is 9.79. The highest BCUT2D eigenvalue weighted by Crippen LogP contribution is 2.24. The van der Waals surface area contributed by atoms with E-state index in [9.17, 15) is 0 Å². The number of nitrogens with zero attached hydrogens (tertiary/aromatic N) is 6. The third kappa shape index (κ3) is 1.77. The second kappa shape index (κ2) is 4.20. The molecule has 8 heteroatoms. The standard InChI is InChI=1S/C12H9N7S/c13-8-7-19-9(14-8)4-5-11(17-19)20-12-16-15-10-3-1-2-6-18(10)12/h1-7H,13H2. The summed E-state index contributed by atoms with van der Waals surface area (Å²) in [4.78, 5) is 4.14. The fraction of sp³-hybridized carbons (Fsp3) is 0. The van der Waals surface area contributed by atoms with Crippen LogP contribution in [0.2, 0.25) is 0 Å². The van der Waals surface area contributed by atoms with Gasteiger partial charge in [0.05, 0.1) is 6.20 Å². The summed E-state index contributed by atoms with van der Waals surface area (Å²) >= 11 is 1.44. The molecule has 20 heavy (non-hydrogen) atoms. The van der Waals surface area contributed by atoms with Gasteiger partial charge in [-0.2, -0.15) is 5.10 Å². The molecule has 2 N–H and O–H groups in total. The van der Waals surface area contributed by atoms with Crippen molar-refractivity contribution in [3.63, 3.8) is 0 Å². The summed E-state index contributed by atoms with van der Waals surface area (Å²) in [6.07, 6.45) is 3.60. The molecule has 4 heterocycles. The average molecular weight is 283 g/mol. The van der Waals surface area contributed by atoms with Crippen LogP contribution in [0.4, 0.5) is 5.82 Å². The van der Waals surface area contributed by atoms with Crippen molar-refractivity contribution < 1.29 is 0 Å². The van der Waals surface area contributed by atoms with Crippen LogP contribution in [-0.4, -0.2) is 29.2 Å². The number of pyridine rings is 1. The van der Waals surface area contributed by atoms with Crippen molar-refractivity contribution in [3.8, 4) is 0 Å². The Morgan fingerprint density at radius 3 is 2.95 bits per heavy atom. The lowest BCUT2D eigenvalue weighted by atomic mass is 10.5. The lowest BCUT2D eigenvalue weighted by molar-refractivity contribution is 0.849. The molecule has 0 unspecified atom stereocenters. The quantitative estimate of drug-likeness (QED) is 0.600. The van der Waals surface area contributed by atoms with E-state index in [-0.39, 0.29) is 0 Å². The summed E-state index contributed by atoms with van der Waals surface area (Å²) in [6.45, 7) is 0. The molecule has 98 valence electrons. The van der Waals surface area contributed by atoms with Gasteiger partial charge in [-0.3, -0.25) is 4.40 Å². The zero-order valence-electron chi connectivity index (χ0n) is 10.2. The van der Waals surface area contributed by atoms with Gasteiger partial charge in [0.15, 0.2) is 11.3 Å². The molecule has 4 rings (SSSR count). The topological polar surface area (TPSA) is 86.4 Å². The molecule has 0 atom stereocenters. The molecule has 0 saturated heterocycles. The molecule has 0 fully saturated rings. The van der Waals surface area contributed by atoms with E-state index in [1.807, 2.05) is 40.9 Å². The van der Waals surface area contributed by atoms with Crippen molar-refractivity contribution in [2.75, 3.05) is 5.73 Å². The average Bonchev–Trinajstić information content (AvgIpc) is 3.02. The van der Waals surface area contributed by atoms with Gasteiger partial charge in [-0.25, -0.2) is 9.50 Å². The van der Waals surface area contributed by atoms with E-state index >= 15 is 0 Å². The number of imidazole rings is 1. The summed E-state index contributed by atoms with van der Waals surface area (Å²) in [7, 11) is 0. The fourth-order valence-electron chi connectivity index (χ4n) is 1.92. The molecule has 0 aromatic carbocycles. The first-order valence-electron chi connectivity index (χ1n) is 5.89. The Kier molecular flexibility index (Phi) is 2.36. The number of hydrogen-bond donors (Lipinski definition) is 1. The monoisotopic (exact) mass is 283 g/mol. The molecule has 0 aliphatic heterocycles. The lowest BCUT2D eigenvalue weighted by Crippen LogP contribution is -1.93. The Labute approximate surface area is 117 Å². The molecule has 0 spiro atoms. The fourth-order valence-corrected chi connectivity index (χ4v) is 2.71. The molecule has 0 aliphatic rings. The van der Waals surface area contributed by atoms with E-state index in [0.29, 0.717) is 5.82 Å². The summed E-state index contributed by atoms with van der Waals surface area (Å²) in [5, 5.41) is 14.3. The SMILES string of the molecule is Nc1cn2nc(Sc3nnc4ccccn34)ccc2n1. The number of nitrogen functional groups attached to an aromatic ring is 1. The van der Waals surface area contributed by atoms with Gasteiger partial charge < -0.3 is 5.73 Å². The highest BCUT2D eigenvalue weighted by Gasteiger charge is 2.09. The number of anilines is 1. The molecule has 4 aromatic heterocycles.